The number of benzene rings is 2. The van der Waals surface area contributed by atoms with E-state index in [0.717, 1.165) is 28.5 Å². The summed E-state index contributed by atoms with van der Waals surface area (Å²) in [6, 6.07) is 12.1. The number of aromatic nitrogens is 1. The van der Waals surface area contributed by atoms with Crippen LogP contribution in [0.15, 0.2) is 52.5 Å². The summed E-state index contributed by atoms with van der Waals surface area (Å²) in [6.45, 7) is 1.96. The molecular weight excluding hydrogens is 485 g/mol. The van der Waals surface area contributed by atoms with E-state index >= 15 is 0 Å². The molecule has 3 aliphatic heterocycles. The normalized spacial score (nSPS) is 18.2. The number of esters is 1. The van der Waals surface area contributed by atoms with Crippen molar-refractivity contribution in [3.8, 4) is 22.8 Å². The molecule has 4 heterocycles. The lowest BCUT2D eigenvalue weighted by Crippen LogP contribution is -2.59. The van der Waals surface area contributed by atoms with Gasteiger partial charge in [0.05, 0.1) is 18.8 Å². The Morgan fingerprint density at radius 2 is 2.08 bits per heavy atom. The molecule has 184 valence electrons. The van der Waals surface area contributed by atoms with Crippen molar-refractivity contribution in [2.24, 2.45) is 5.11 Å². The Morgan fingerprint density at radius 1 is 1.25 bits per heavy atom. The van der Waals surface area contributed by atoms with Crippen molar-refractivity contribution in [2.75, 3.05) is 19.8 Å². The Bertz CT molecular complexity index is 1540. The Hall–Kier alpha value is -3.63. The van der Waals surface area contributed by atoms with Gasteiger partial charge in [-0.3, -0.25) is 4.79 Å². The largest absolute Gasteiger partial charge is 0.870 e. The van der Waals surface area contributed by atoms with Crippen molar-refractivity contribution >= 4 is 23.6 Å². The molecule has 0 radical (unpaired) electrons. The quantitative estimate of drug-likeness (QED) is 0.379. The highest BCUT2D eigenvalue weighted by atomic mass is 32.2. The first-order valence-electron chi connectivity index (χ1n) is 11.5. The van der Waals surface area contributed by atoms with Gasteiger partial charge in [-0.25, -0.2) is 4.39 Å². The van der Waals surface area contributed by atoms with Gasteiger partial charge in [-0.2, -0.15) is 0 Å². The monoisotopic (exact) mass is 506 g/mol. The molecular formula is C26H21FN3O5S-. The van der Waals surface area contributed by atoms with E-state index in [4.69, 9.17) is 9.47 Å². The number of hydrogen-bond acceptors (Lipinski definition) is 8. The molecule has 36 heavy (non-hydrogen) atoms. The van der Waals surface area contributed by atoms with E-state index < -0.39 is 29.6 Å². The lowest BCUT2D eigenvalue weighted by molar-refractivity contribution is -0.569. The van der Waals surface area contributed by atoms with Crippen LogP contribution in [0.4, 0.5) is 4.39 Å². The van der Waals surface area contributed by atoms with Gasteiger partial charge in [0.2, 0.25) is 11.9 Å². The van der Waals surface area contributed by atoms with Gasteiger partial charge in [0.25, 0.3) is 5.35 Å². The van der Waals surface area contributed by atoms with Crippen LogP contribution in [0.5, 0.6) is 11.5 Å². The fraction of sp³-hybridized carbons (Fsp3) is 0.269. The van der Waals surface area contributed by atoms with E-state index in [1.165, 1.54) is 27.5 Å². The summed E-state index contributed by atoms with van der Waals surface area (Å²) in [5, 5.41) is 31.3. The second-order valence-corrected chi connectivity index (χ2v) is 9.83. The third-order valence-electron chi connectivity index (χ3n) is 6.51. The molecule has 0 amide bonds. The zero-order valence-electron chi connectivity index (χ0n) is 19.3. The SMILES string of the molecule is CC(=O)Oc1c([O-])cc(-c2cc(F)cc3c2Cc2ccccc2SC3)[n+]2c1=C([O-])N1CCOCC1N=2. The Morgan fingerprint density at radius 3 is 2.92 bits per heavy atom. The molecule has 1 aromatic heterocycles. The van der Waals surface area contributed by atoms with Crippen molar-refractivity contribution in [1.82, 2.24) is 4.90 Å². The Kier molecular flexibility index (Phi) is 5.57. The average Bonchev–Trinajstić information content (AvgIpc) is 3.04. The molecule has 1 fully saturated rings. The summed E-state index contributed by atoms with van der Waals surface area (Å²) >= 11 is 1.63. The van der Waals surface area contributed by atoms with Crippen molar-refractivity contribution in [1.29, 1.82) is 0 Å². The minimum Gasteiger partial charge on any atom is -0.870 e. The van der Waals surface area contributed by atoms with Crippen LogP contribution in [-0.4, -0.2) is 36.8 Å². The number of morpholine rings is 1. The van der Waals surface area contributed by atoms with Gasteiger partial charge < -0.3 is 24.6 Å². The van der Waals surface area contributed by atoms with Crippen molar-refractivity contribution in [3.63, 3.8) is 0 Å². The molecule has 0 aliphatic carbocycles. The number of rotatable bonds is 2. The summed E-state index contributed by atoms with van der Waals surface area (Å²) in [5.41, 5.74) is 3.49. The first kappa shape index (κ1) is 22.8. The van der Waals surface area contributed by atoms with E-state index in [9.17, 15) is 19.4 Å². The molecule has 3 aromatic rings. The van der Waals surface area contributed by atoms with Crippen LogP contribution in [0.25, 0.3) is 17.1 Å². The fourth-order valence-corrected chi connectivity index (χ4v) is 5.98. The molecule has 1 unspecified atom stereocenters. The topological polar surface area (TPSA) is 103 Å². The number of carbonyl (C=O) groups excluding carboxylic acids is 1. The van der Waals surface area contributed by atoms with E-state index in [1.54, 1.807) is 11.8 Å². The van der Waals surface area contributed by atoms with Gasteiger partial charge in [-0.15, -0.1) is 11.8 Å². The summed E-state index contributed by atoms with van der Waals surface area (Å²) in [5.74, 6) is -2.15. The van der Waals surface area contributed by atoms with E-state index in [-0.39, 0.29) is 29.9 Å². The first-order chi connectivity index (χ1) is 17.4. The zero-order valence-corrected chi connectivity index (χ0v) is 20.1. The average molecular weight is 507 g/mol. The van der Waals surface area contributed by atoms with Crippen LogP contribution in [0.3, 0.4) is 0 Å². The standard InChI is InChI=1S/C26H21FN3O5S/c1-14(31)35-25-21(32)11-20(30-24(25)26(33)29-6-7-34-12-23(29)28-30)19-10-17(27)8-16-13-36-22-5-3-2-4-15(22)9-18(16)19/h2-5,8,10-11,23H,6-7,9,12-13H2,1H3/q-1. The van der Waals surface area contributed by atoms with Crippen molar-refractivity contribution in [2.45, 2.75) is 30.2 Å². The molecule has 1 saturated heterocycles. The molecule has 0 saturated carbocycles. The second-order valence-electron chi connectivity index (χ2n) is 8.81. The highest BCUT2D eigenvalue weighted by Crippen LogP contribution is 2.38. The number of carbonyl (C=O) groups is 1. The third kappa shape index (κ3) is 3.77. The van der Waals surface area contributed by atoms with Crippen LogP contribution in [0.2, 0.25) is 0 Å². The van der Waals surface area contributed by atoms with Crippen LogP contribution in [0, 0.1) is 5.82 Å². The summed E-state index contributed by atoms with van der Waals surface area (Å²) in [4.78, 5) is 14.4. The van der Waals surface area contributed by atoms with Gasteiger partial charge in [-0.1, -0.05) is 23.9 Å². The van der Waals surface area contributed by atoms with Crippen molar-refractivity contribution in [3.05, 3.63) is 70.3 Å². The van der Waals surface area contributed by atoms with Crippen molar-refractivity contribution < 1.29 is 33.2 Å². The maximum atomic E-state index is 14.9. The predicted molar refractivity (Wildman–Crippen MR) is 124 cm³/mol. The number of hydrogen-bond donors (Lipinski definition) is 0. The maximum absolute atomic E-state index is 14.9. The smallest absolute Gasteiger partial charge is 0.308 e. The van der Waals surface area contributed by atoms with Gasteiger partial charge in [0.1, 0.15) is 5.82 Å². The molecule has 1 atom stereocenters. The molecule has 0 bridgehead atoms. The summed E-state index contributed by atoms with van der Waals surface area (Å²) in [6.07, 6.45) is -0.0933. The number of halogens is 1. The van der Waals surface area contributed by atoms with E-state index in [1.807, 2.05) is 24.3 Å². The number of fused-ring (bicyclic) bond motifs is 4. The molecule has 6 rings (SSSR count). The van der Waals surface area contributed by atoms with E-state index in [0.29, 0.717) is 24.3 Å². The van der Waals surface area contributed by atoms with Crippen LogP contribution >= 0.6 is 11.8 Å². The van der Waals surface area contributed by atoms with Crippen LogP contribution in [0.1, 0.15) is 23.6 Å². The summed E-state index contributed by atoms with van der Waals surface area (Å²) in [7, 11) is 0. The third-order valence-corrected chi connectivity index (χ3v) is 7.68. The van der Waals surface area contributed by atoms with Gasteiger partial charge >= 0.3 is 5.97 Å². The summed E-state index contributed by atoms with van der Waals surface area (Å²) < 4.78 is 27.0. The van der Waals surface area contributed by atoms with Crippen LogP contribution < -0.4 is 24.7 Å². The highest BCUT2D eigenvalue weighted by molar-refractivity contribution is 7.98. The number of ether oxygens (including phenoxy) is 2. The fourth-order valence-electron chi connectivity index (χ4n) is 4.91. The lowest BCUT2D eigenvalue weighted by Gasteiger charge is -2.37. The predicted octanol–water partition coefficient (Wildman–Crippen LogP) is 1.11. The maximum Gasteiger partial charge on any atom is 0.308 e. The molecule has 0 N–H and O–H groups in total. The van der Waals surface area contributed by atoms with Gasteiger partial charge in [0.15, 0.2) is 5.75 Å². The Balaban J connectivity index is 1.66. The zero-order chi connectivity index (χ0) is 25.0. The van der Waals surface area contributed by atoms with Crippen LogP contribution in [-0.2, 0) is 21.7 Å². The molecule has 3 aliphatic rings. The molecule has 0 spiro atoms. The first-order valence-corrected chi connectivity index (χ1v) is 12.5. The number of nitrogens with zero attached hydrogens (tertiary/aromatic N) is 3. The minimum absolute atomic E-state index is 0.146. The van der Waals surface area contributed by atoms with Gasteiger partial charge in [-0.05, 0) is 50.8 Å². The molecule has 10 heteroatoms. The Labute approximate surface area is 209 Å². The van der Waals surface area contributed by atoms with Gasteiger partial charge in [0, 0.05) is 36.1 Å². The molecule has 8 nitrogen and oxygen atoms in total. The second kappa shape index (κ2) is 8.79. The lowest BCUT2D eigenvalue weighted by atomic mass is 9.93. The minimum atomic E-state index is -0.729. The molecule has 2 aromatic carbocycles. The number of pyridine rings is 1. The number of thioether (sulfide) groups is 1. The highest BCUT2D eigenvalue weighted by Gasteiger charge is 2.34. The van der Waals surface area contributed by atoms with E-state index in [2.05, 4.69) is 5.11 Å².